The van der Waals surface area contributed by atoms with E-state index in [0.717, 1.165) is 12.1 Å². The molecule has 1 fully saturated rings. The second kappa shape index (κ2) is 6.34. The minimum absolute atomic E-state index is 0.0666. The highest BCUT2D eigenvalue weighted by Gasteiger charge is 2.30. The van der Waals surface area contributed by atoms with Gasteiger partial charge in [0.05, 0.1) is 35.7 Å². The fraction of sp³-hybridized carbons (Fsp3) is 0.278. The van der Waals surface area contributed by atoms with E-state index in [1.807, 2.05) is 0 Å². The summed E-state index contributed by atoms with van der Waals surface area (Å²) in [7, 11) is 1.60. The molecule has 3 heterocycles. The molecule has 0 saturated carbocycles. The van der Waals surface area contributed by atoms with Crippen LogP contribution >= 0.6 is 0 Å². The standard InChI is InChI=1S/C18H15F3N4O2/c1-25-16(26)14-7-22-6-13(10-2-4-11(5-3-10)18(19,20)21)15(14)24-17(25)23-12-8-27-9-12/h2-7,12H,8-9H2,1H3,(H,23,24). The summed E-state index contributed by atoms with van der Waals surface area (Å²) in [6, 6.07) is 4.77. The zero-order valence-electron chi connectivity index (χ0n) is 14.2. The van der Waals surface area contributed by atoms with Gasteiger partial charge in [-0.15, -0.1) is 0 Å². The Kier molecular flexibility index (Phi) is 4.11. The number of nitrogens with zero attached hydrogens (tertiary/aromatic N) is 3. The lowest BCUT2D eigenvalue weighted by Crippen LogP contribution is -2.42. The van der Waals surface area contributed by atoms with Gasteiger partial charge < -0.3 is 10.1 Å². The Hall–Kier alpha value is -2.94. The maximum Gasteiger partial charge on any atom is 0.416 e. The third-order valence-corrected chi connectivity index (χ3v) is 4.48. The number of aromatic nitrogens is 3. The van der Waals surface area contributed by atoms with E-state index in [-0.39, 0.29) is 11.6 Å². The second-order valence-electron chi connectivity index (χ2n) is 6.34. The van der Waals surface area contributed by atoms with E-state index >= 15 is 0 Å². The Labute approximate surface area is 151 Å². The number of nitrogens with one attached hydrogen (secondary N) is 1. The lowest BCUT2D eigenvalue weighted by Gasteiger charge is -2.28. The highest BCUT2D eigenvalue weighted by molar-refractivity contribution is 5.92. The predicted octanol–water partition coefficient (Wildman–Crippen LogP) is 2.83. The molecule has 1 aliphatic rings. The number of ether oxygens (including phenoxy) is 1. The molecule has 0 atom stereocenters. The molecule has 1 N–H and O–H groups in total. The van der Waals surface area contributed by atoms with Gasteiger partial charge in [-0.3, -0.25) is 14.3 Å². The first-order valence-corrected chi connectivity index (χ1v) is 8.21. The minimum Gasteiger partial charge on any atom is -0.377 e. The van der Waals surface area contributed by atoms with Crippen molar-refractivity contribution in [2.75, 3.05) is 18.5 Å². The number of hydrogen-bond donors (Lipinski definition) is 1. The zero-order valence-corrected chi connectivity index (χ0v) is 14.2. The number of halogens is 3. The monoisotopic (exact) mass is 376 g/mol. The van der Waals surface area contributed by atoms with Crippen molar-refractivity contribution in [3.63, 3.8) is 0 Å². The van der Waals surface area contributed by atoms with Gasteiger partial charge in [0.25, 0.3) is 5.56 Å². The molecule has 140 valence electrons. The van der Waals surface area contributed by atoms with Crippen LogP contribution < -0.4 is 10.9 Å². The quantitative estimate of drug-likeness (QED) is 0.761. The SMILES string of the molecule is Cn1c(NC2COC2)nc2c(-c3ccc(C(F)(F)F)cc3)cncc2c1=O. The first kappa shape index (κ1) is 17.5. The molecule has 0 amide bonds. The van der Waals surface area contributed by atoms with Crippen LogP contribution in [0.5, 0.6) is 0 Å². The van der Waals surface area contributed by atoms with Crippen LogP contribution in [0.15, 0.2) is 41.5 Å². The molecule has 0 spiro atoms. The molecular formula is C18H15F3N4O2. The third kappa shape index (κ3) is 3.14. The van der Waals surface area contributed by atoms with E-state index in [4.69, 9.17) is 4.74 Å². The molecule has 0 aliphatic carbocycles. The topological polar surface area (TPSA) is 69.0 Å². The Morgan fingerprint density at radius 1 is 1.19 bits per heavy atom. The molecule has 1 saturated heterocycles. The molecule has 0 unspecified atom stereocenters. The molecule has 9 heteroatoms. The fourth-order valence-corrected chi connectivity index (χ4v) is 2.87. The summed E-state index contributed by atoms with van der Waals surface area (Å²) in [5, 5.41) is 3.44. The van der Waals surface area contributed by atoms with Crippen molar-refractivity contribution in [2.45, 2.75) is 12.2 Å². The molecule has 2 aromatic heterocycles. The Morgan fingerprint density at radius 3 is 2.48 bits per heavy atom. The summed E-state index contributed by atoms with van der Waals surface area (Å²) < 4.78 is 44.9. The lowest BCUT2D eigenvalue weighted by atomic mass is 10.0. The molecular weight excluding hydrogens is 361 g/mol. The number of alkyl halides is 3. The van der Waals surface area contributed by atoms with Crippen LogP contribution in [0.25, 0.3) is 22.0 Å². The van der Waals surface area contributed by atoms with E-state index in [0.29, 0.717) is 41.2 Å². The molecule has 0 radical (unpaired) electrons. The normalized spacial score (nSPS) is 15.0. The van der Waals surface area contributed by atoms with Crippen molar-refractivity contribution in [2.24, 2.45) is 7.05 Å². The summed E-state index contributed by atoms with van der Waals surface area (Å²) in [6.07, 6.45) is -1.51. The van der Waals surface area contributed by atoms with Crippen molar-refractivity contribution in [3.8, 4) is 11.1 Å². The average Bonchev–Trinajstić information content (AvgIpc) is 2.61. The maximum atomic E-state index is 12.8. The molecule has 4 rings (SSSR count). The van der Waals surface area contributed by atoms with Crippen molar-refractivity contribution in [3.05, 3.63) is 52.6 Å². The van der Waals surface area contributed by atoms with Crippen molar-refractivity contribution in [1.29, 1.82) is 0 Å². The van der Waals surface area contributed by atoms with Gasteiger partial charge in [0, 0.05) is 25.0 Å². The van der Waals surface area contributed by atoms with Crippen LogP contribution in [0.1, 0.15) is 5.56 Å². The van der Waals surface area contributed by atoms with Gasteiger partial charge in [-0.2, -0.15) is 13.2 Å². The number of rotatable bonds is 3. The predicted molar refractivity (Wildman–Crippen MR) is 93.4 cm³/mol. The molecule has 3 aromatic rings. The first-order valence-electron chi connectivity index (χ1n) is 8.21. The first-order chi connectivity index (χ1) is 12.8. The van der Waals surface area contributed by atoms with Gasteiger partial charge in [0.15, 0.2) is 0 Å². The zero-order chi connectivity index (χ0) is 19.2. The van der Waals surface area contributed by atoms with E-state index < -0.39 is 11.7 Å². The number of hydrogen-bond acceptors (Lipinski definition) is 5. The molecule has 0 bridgehead atoms. The Balaban J connectivity index is 1.84. The Bertz CT molecular complexity index is 1060. The molecule has 6 nitrogen and oxygen atoms in total. The highest BCUT2D eigenvalue weighted by Crippen LogP contribution is 2.32. The van der Waals surface area contributed by atoms with Crippen LogP contribution in [0.2, 0.25) is 0 Å². The second-order valence-corrected chi connectivity index (χ2v) is 6.34. The van der Waals surface area contributed by atoms with E-state index in [9.17, 15) is 18.0 Å². The Morgan fingerprint density at radius 2 is 1.89 bits per heavy atom. The summed E-state index contributed by atoms with van der Waals surface area (Å²) in [5.74, 6) is 0.375. The van der Waals surface area contributed by atoms with Gasteiger partial charge in [-0.25, -0.2) is 4.98 Å². The number of fused-ring (bicyclic) bond motifs is 1. The van der Waals surface area contributed by atoms with E-state index in [1.165, 1.54) is 29.1 Å². The maximum absolute atomic E-state index is 12.8. The average molecular weight is 376 g/mol. The summed E-state index contributed by atoms with van der Waals surface area (Å²) in [5.41, 5.74) is 0.349. The van der Waals surface area contributed by atoms with Crippen molar-refractivity contribution >= 4 is 16.9 Å². The van der Waals surface area contributed by atoms with Crippen LogP contribution in [-0.2, 0) is 18.0 Å². The van der Waals surface area contributed by atoms with Crippen LogP contribution in [0, 0.1) is 0 Å². The molecule has 27 heavy (non-hydrogen) atoms. The number of benzene rings is 1. The van der Waals surface area contributed by atoms with E-state index in [2.05, 4.69) is 15.3 Å². The van der Waals surface area contributed by atoms with Gasteiger partial charge in [0.1, 0.15) is 0 Å². The molecule has 1 aromatic carbocycles. The fourth-order valence-electron chi connectivity index (χ4n) is 2.87. The highest BCUT2D eigenvalue weighted by atomic mass is 19.4. The van der Waals surface area contributed by atoms with Crippen LogP contribution in [-0.4, -0.2) is 33.8 Å². The lowest BCUT2D eigenvalue weighted by molar-refractivity contribution is -0.137. The minimum atomic E-state index is -4.41. The largest absolute Gasteiger partial charge is 0.416 e. The smallest absolute Gasteiger partial charge is 0.377 e. The van der Waals surface area contributed by atoms with Crippen LogP contribution in [0.3, 0.4) is 0 Å². The van der Waals surface area contributed by atoms with Gasteiger partial charge in [-0.1, -0.05) is 12.1 Å². The summed E-state index contributed by atoms with van der Waals surface area (Å²) in [6.45, 7) is 1.05. The van der Waals surface area contributed by atoms with Crippen LogP contribution in [0.4, 0.5) is 19.1 Å². The van der Waals surface area contributed by atoms with Crippen molar-refractivity contribution in [1.82, 2.24) is 14.5 Å². The van der Waals surface area contributed by atoms with E-state index in [1.54, 1.807) is 7.05 Å². The molecule has 1 aliphatic heterocycles. The third-order valence-electron chi connectivity index (χ3n) is 4.48. The van der Waals surface area contributed by atoms with Gasteiger partial charge in [0.2, 0.25) is 5.95 Å². The summed E-state index contributed by atoms with van der Waals surface area (Å²) in [4.78, 5) is 21.3. The summed E-state index contributed by atoms with van der Waals surface area (Å²) >= 11 is 0. The number of anilines is 1. The van der Waals surface area contributed by atoms with Gasteiger partial charge >= 0.3 is 6.18 Å². The number of pyridine rings is 1. The van der Waals surface area contributed by atoms with Crippen molar-refractivity contribution < 1.29 is 17.9 Å². The van der Waals surface area contributed by atoms with Gasteiger partial charge in [-0.05, 0) is 17.7 Å².